The van der Waals surface area contributed by atoms with E-state index in [-0.39, 0.29) is 0 Å². The molecule has 0 aromatic rings. The van der Waals surface area contributed by atoms with Gasteiger partial charge in [-0.25, -0.2) is 0 Å². The maximum atomic E-state index is 6.14. The Kier molecular flexibility index (Phi) is 7.87. The summed E-state index contributed by atoms with van der Waals surface area (Å²) in [6.45, 7) is 8.87. The van der Waals surface area contributed by atoms with Crippen LogP contribution in [0.1, 0.15) is 65.7 Å². The molecule has 0 saturated heterocycles. The topological polar surface area (TPSA) is 21.3 Å². The van der Waals surface area contributed by atoms with Crippen LogP contribution in [-0.2, 0) is 4.74 Å². The number of ether oxygens (including phenoxy) is 1. The molecule has 0 spiro atoms. The van der Waals surface area contributed by atoms with E-state index in [0.29, 0.717) is 18.1 Å². The lowest BCUT2D eigenvalue weighted by Gasteiger charge is -2.33. The van der Waals surface area contributed by atoms with Crippen molar-refractivity contribution in [2.45, 2.75) is 77.9 Å². The number of nitrogens with one attached hydrogen (secondary N) is 1. The van der Waals surface area contributed by atoms with E-state index in [2.05, 4.69) is 26.1 Å². The van der Waals surface area contributed by atoms with Gasteiger partial charge in [0.05, 0.1) is 6.10 Å². The molecule has 17 heavy (non-hydrogen) atoms. The van der Waals surface area contributed by atoms with Crippen molar-refractivity contribution in [2.24, 2.45) is 5.92 Å². The van der Waals surface area contributed by atoms with Gasteiger partial charge in [-0.3, -0.25) is 0 Å². The fourth-order valence-corrected chi connectivity index (χ4v) is 2.72. The molecular formula is C15H31NO. The van der Waals surface area contributed by atoms with Gasteiger partial charge in [-0.15, -0.1) is 0 Å². The first-order valence-electron chi connectivity index (χ1n) is 7.62. The summed E-state index contributed by atoms with van der Waals surface area (Å²) in [7, 11) is 0. The largest absolute Gasteiger partial charge is 0.376 e. The Bertz CT molecular complexity index is 184. The van der Waals surface area contributed by atoms with Crippen LogP contribution in [0.25, 0.3) is 0 Å². The summed E-state index contributed by atoms with van der Waals surface area (Å²) in [5.74, 6) is 0.716. The third-order valence-electron chi connectivity index (χ3n) is 3.74. The van der Waals surface area contributed by atoms with Gasteiger partial charge in [0.25, 0.3) is 0 Å². The van der Waals surface area contributed by atoms with Crippen molar-refractivity contribution in [3.8, 4) is 0 Å². The Morgan fingerprint density at radius 2 is 1.94 bits per heavy atom. The molecule has 1 N–H and O–H groups in total. The zero-order valence-corrected chi connectivity index (χ0v) is 12.0. The molecule has 0 heterocycles. The van der Waals surface area contributed by atoms with Crippen molar-refractivity contribution < 1.29 is 4.74 Å². The third-order valence-corrected chi connectivity index (χ3v) is 3.74. The highest BCUT2D eigenvalue weighted by atomic mass is 16.5. The van der Waals surface area contributed by atoms with Crippen LogP contribution in [0.15, 0.2) is 0 Å². The lowest BCUT2D eigenvalue weighted by Crippen LogP contribution is -2.44. The van der Waals surface area contributed by atoms with Gasteiger partial charge in [0.1, 0.15) is 0 Å². The maximum absolute atomic E-state index is 6.14. The van der Waals surface area contributed by atoms with Crippen molar-refractivity contribution in [3.63, 3.8) is 0 Å². The molecule has 0 amide bonds. The van der Waals surface area contributed by atoms with Crippen LogP contribution < -0.4 is 5.32 Å². The van der Waals surface area contributed by atoms with Crippen LogP contribution in [0.2, 0.25) is 0 Å². The minimum atomic E-state index is 0.467. The first-order valence-corrected chi connectivity index (χ1v) is 7.62. The van der Waals surface area contributed by atoms with Crippen LogP contribution in [0.4, 0.5) is 0 Å². The highest BCUT2D eigenvalue weighted by Gasteiger charge is 2.25. The van der Waals surface area contributed by atoms with Gasteiger partial charge in [0.2, 0.25) is 0 Å². The van der Waals surface area contributed by atoms with Gasteiger partial charge >= 0.3 is 0 Å². The Labute approximate surface area is 108 Å². The SMILES string of the molecule is CCCNC1CCCCC1OCC(C)CCC. The van der Waals surface area contributed by atoms with Crippen LogP contribution in [0.3, 0.4) is 0 Å². The van der Waals surface area contributed by atoms with Gasteiger partial charge in [-0.05, 0) is 38.1 Å². The zero-order valence-electron chi connectivity index (χ0n) is 12.0. The summed E-state index contributed by atoms with van der Waals surface area (Å²) >= 11 is 0. The highest BCUT2D eigenvalue weighted by Crippen LogP contribution is 2.22. The van der Waals surface area contributed by atoms with Crippen LogP contribution in [-0.4, -0.2) is 25.3 Å². The predicted octanol–water partition coefficient (Wildman–Crippen LogP) is 3.75. The van der Waals surface area contributed by atoms with E-state index in [1.54, 1.807) is 0 Å². The Balaban J connectivity index is 2.26. The zero-order chi connectivity index (χ0) is 12.5. The molecule has 0 aliphatic heterocycles. The van der Waals surface area contributed by atoms with E-state index < -0.39 is 0 Å². The van der Waals surface area contributed by atoms with Gasteiger partial charge in [0, 0.05) is 12.6 Å². The van der Waals surface area contributed by atoms with E-state index in [0.717, 1.165) is 13.2 Å². The van der Waals surface area contributed by atoms with Crippen molar-refractivity contribution >= 4 is 0 Å². The van der Waals surface area contributed by atoms with Gasteiger partial charge in [-0.2, -0.15) is 0 Å². The second kappa shape index (κ2) is 8.93. The minimum absolute atomic E-state index is 0.467. The molecule has 0 bridgehead atoms. The number of hydrogen-bond donors (Lipinski definition) is 1. The molecular weight excluding hydrogens is 210 g/mol. The summed E-state index contributed by atoms with van der Waals surface area (Å²) in [5, 5.41) is 3.65. The highest BCUT2D eigenvalue weighted by molar-refractivity contribution is 4.81. The molecule has 2 heteroatoms. The summed E-state index contributed by atoms with van der Waals surface area (Å²) in [6, 6.07) is 0.609. The van der Waals surface area contributed by atoms with Crippen LogP contribution in [0.5, 0.6) is 0 Å². The van der Waals surface area contributed by atoms with E-state index in [1.807, 2.05) is 0 Å². The van der Waals surface area contributed by atoms with Gasteiger partial charge in [-0.1, -0.05) is 40.0 Å². The second-order valence-electron chi connectivity index (χ2n) is 5.61. The average Bonchev–Trinajstić information content (AvgIpc) is 2.35. The quantitative estimate of drug-likeness (QED) is 0.699. The second-order valence-corrected chi connectivity index (χ2v) is 5.61. The van der Waals surface area contributed by atoms with Gasteiger partial charge < -0.3 is 10.1 Å². The molecule has 3 unspecified atom stereocenters. The standard InChI is InChI=1S/C15H31NO/c1-4-8-13(3)12-17-15-10-7-6-9-14(15)16-11-5-2/h13-16H,4-12H2,1-3H3. The molecule has 1 aliphatic carbocycles. The lowest BCUT2D eigenvalue weighted by atomic mass is 9.92. The molecule has 2 nitrogen and oxygen atoms in total. The lowest BCUT2D eigenvalue weighted by molar-refractivity contribution is -0.0110. The Morgan fingerprint density at radius 1 is 1.18 bits per heavy atom. The fourth-order valence-electron chi connectivity index (χ4n) is 2.72. The normalized spacial score (nSPS) is 27.0. The van der Waals surface area contributed by atoms with Crippen molar-refractivity contribution in [3.05, 3.63) is 0 Å². The molecule has 0 aromatic carbocycles. The van der Waals surface area contributed by atoms with Crippen molar-refractivity contribution in [2.75, 3.05) is 13.2 Å². The summed E-state index contributed by atoms with van der Waals surface area (Å²) in [6.07, 6.45) is 9.51. The monoisotopic (exact) mass is 241 g/mol. The first kappa shape index (κ1) is 15.0. The molecule has 1 rings (SSSR count). The Morgan fingerprint density at radius 3 is 2.65 bits per heavy atom. The van der Waals surface area contributed by atoms with Crippen molar-refractivity contribution in [1.82, 2.24) is 5.32 Å². The molecule has 0 radical (unpaired) electrons. The van der Waals surface area contributed by atoms with E-state index in [4.69, 9.17) is 4.74 Å². The number of hydrogen-bond acceptors (Lipinski definition) is 2. The molecule has 3 atom stereocenters. The maximum Gasteiger partial charge on any atom is 0.0728 e. The van der Waals surface area contributed by atoms with Crippen LogP contribution >= 0.6 is 0 Å². The summed E-state index contributed by atoms with van der Waals surface area (Å²) in [4.78, 5) is 0. The third kappa shape index (κ3) is 5.87. The molecule has 102 valence electrons. The van der Waals surface area contributed by atoms with E-state index in [1.165, 1.54) is 44.9 Å². The summed E-state index contributed by atoms with van der Waals surface area (Å²) < 4.78 is 6.14. The van der Waals surface area contributed by atoms with Crippen LogP contribution in [0, 0.1) is 5.92 Å². The predicted molar refractivity (Wildman–Crippen MR) is 74.4 cm³/mol. The van der Waals surface area contributed by atoms with E-state index >= 15 is 0 Å². The molecule has 1 saturated carbocycles. The van der Waals surface area contributed by atoms with E-state index in [9.17, 15) is 0 Å². The minimum Gasteiger partial charge on any atom is -0.376 e. The molecule has 0 aromatic heterocycles. The Hall–Kier alpha value is -0.0800. The molecule has 1 fully saturated rings. The first-order chi connectivity index (χ1) is 8.27. The fraction of sp³-hybridized carbons (Fsp3) is 1.00. The van der Waals surface area contributed by atoms with Gasteiger partial charge in [0.15, 0.2) is 0 Å². The summed E-state index contributed by atoms with van der Waals surface area (Å²) in [5.41, 5.74) is 0. The smallest absolute Gasteiger partial charge is 0.0728 e. The molecule has 1 aliphatic rings. The number of rotatable bonds is 8. The average molecular weight is 241 g/mol. The van der Waals surface area contributed by atoms with Crippen molar-refractivity contribution in [1.29, 1.82) is 0 Å².